The van der Waals surface area contributed by atoms with Crippen LogP contribution in [0.15, 0.2) is 30.3 Å². The number of benzene rings is 1. The van der Waals surface area contributed by atoms with Gasteiger partial charge < -0.3 is 4.74 Å². The lowest BCUT2D eigenvalue weighted by atomic mass is 10.2. The summed E-state index contributed by atoms with van der Waals surface area (Å²) < 4.78 is 41.7. The van der Waals surface area contributed by atoms with Gasteiger partial charge in [0.1, 0.15) is 6.61 Å². The maximum absolute atomic E-state index is 13.9. The number of hydrogen-bond donors (Lipinski definition) is 0. The molecule has 20 heavy (non-hydrogen) atoms. The first-order chi connectivity index (χ1) is 9.41. The van der Waals surface area contributed by atoms with Gasteiger partial charge in [0.25, 0.3) is 0 Å². The van der Waals surface area contributed by atoms with Crippen LogP contribution in [-0.4, -0.2) is 24.1 Å². The zero-order valence-electron chi connectivity index (χ0n) is 10.8. The van der Waals surface area contributed by atoms with E-state index in [2.05, 4.69) is 0 Å². The van der Waals surface area contributed by atoms with Crippen molar-refractivity contribution in [3.05, 3.63) is 35.9 Å². The quantitative estimate of drug-likeness (QED) is 0.781. The molecule has 0 N–H and O–H groups in total. The van der Waals surface area contributed by atoms with Gasteiger partial charge in [-0.25, -0.2) is 12.8 Å². The van der Waals surface area contributed by atoms with Crippen LogP contribution in [0.2, 0.25) is 0 Å². The van der Waals surface area contributed by atoms with E-state index >= 15 is 0 Å². The van der Waals surface area contributed by atoms with E-state index in [0.29, 0.717) is 0 Å². The Kier molecular flexibility index (Phi) is 2.90. The zero-order valence-corrected chi connectivity index (χ0v) is 11.7. The van der Waals surface area contributed by atoms with Crippen LogP contribution in [0.3, 0.4) is 0 Å². The van der Waals surface area contributed by atoms with E-state index in [-0.39, 0.29) is 32.3 Å². The summed E-state index contributed by atoms with van der Waals surface area (Å²) in [7, 11) is -4.10. The van der Waals surface area contributed by atoms with Crippen molar-refractivity contribution in [2.75, 3.05) is 0 Å². The SMILES string of the molecule is O=C(OCc1ccccc1)C1(S(=O)(=O)C2(F)CC2)CC1. The summed E-state index contributed by atoms with van der Waals surface area (Å²) in [5.74, 6) is -0.815. The Bertz CT molecular complexity index is 630. The molecule has 2 fully saturated rings. The normalized spacial score (nSPS) is 22.1. The molecular weight excluding hydrogens is 283 g/mol. The Balaban J connectivity index is 1.71. The highest BCUT2D eigenvalue weighted by atomic mass is 32.2. The molecular formula is C14H15FO4S. The van der Waals surface area contributed by atoms with Gasteiger partial charge in [0, 0.05) is 12.8 Å². The van der Waals surface area contributed by atoms with E-state index < -0.39 is 25.6 Å². The summed E-state index contributed by atoms with van der Waals surface area (Å²) in [6, 6.07) is 8.98. The molecule has 4 nitrogen and oxygen atoms in total. The highest BCUT2D eigenvalue weighted by molar-refractivity contribution is 7.95. The predicted octanol–water partition coefficient (Wildman–Crippen LogP) is 2.14. The first-order valence-corrected chi connectivity index (χ1v) is 8.04. The third-order valence-electron chi connectivity index (χ3n) is 3.93. The van der Waals surface area contributed by atoms with Gasteiger partial charge in [-0.05, 0) is 18.4 Å². The number of halogens is 1. The maximum Gasteiger partial charge on any atom is 0.327 e. The van der Waals surface area contributed by atoms with Crippen LogP contribution in [0.4, 0.5) is 4.39 Å². The van der Waals surface area contributed by atoms with E-state index in [1.165, 1.54) is 0 Å². The summed E-state index contributed by atoms with van der Waals surface area (Å²) in [5, 5.41) is -2.20. The number of sulfone groups is 1. The third kappa shape index (κ3) is 1.93. The summed E-state index contributed by atoms with van der Waals surface area (Å²) in [6.45, 7) is 0.0101. The van der Waals surface area contributed by atoms with E-state index in [0.717, 1.165) is 5.56 Å². The van der Waals surface area contributed by atoms with Crippen molar-refractivity contribution in [1.29, 1.82) is 0 Å². The van der Waals surface area contributed by atoms with Crippen molar-refractivity contribution >= 4 is 15.8 Å². The lowest BCUT2D eigenvalue weighted by Crippen LogP contribution is -2.40. The van der Waals surface area contributed by atoms with Gasteiger partial charge in [0.2, 0.25) is 14.8 Å². The Morgan fingerprint density at radius 3 is 2.25 bits per heavy atom. The van der Waals surface area contributed by atoms with Crippen molar-refractivity contribution < 1.29 is 22.3 Å². The molecule has 0 radical (unpaired) electrons. The van der Waals surface area contributed by atoms with Gasteiger partial charge in [-0.3, -0.25) is 4.79 Å². The lowest BCUT2D eigenvalue weighted by Gasteiger charge is -2.17. The second kappa shape index (κ2) is 4.28. The second-order valence-electron chi connectivity index (χ2n) is 5.44. The molecule has 108 valence electrons. The minimum absolute atomic E-state index is 0.0101. The summed E-state index contributed by atoms with van der Waals surface area (Å²) in [6.07, 6.45) is 0.301. The molecule has 1 aromatic rings. The third-order valence-corrected chi connectivity index (χ3v) is 6.90. The molecule has 3 rings (SSSR count). The highest BCUT2D eigenvalue weighted by Crippen LogP contribution is 2.57. The largest absolute Gasteiger partial charge is 0.460 e. The molecule has 2 aliphatic carbocycles. The van der Waals surface area contributed by atoms with Crippen molar-refractivity contribution in [3.8, 4) is 0 Å². The zero-order chi connectivity index (χ0) is 14.4. The summed E-state index contributed by atoms with van der Waals surface area (Å²) in [4.78, 5) is 12.1. The van der Waals surface area contributed by atoms with Crippen LogP contribution >= 0.6 is 0 Å². The Labute approximate surface area is 116 Å². The van der Waals surface area contributed by atoms with Crippen LogP contribution in [0.1, 0.15) is 31.2 Å². The average molecular weight is 298 g/mol. The van der Waals surface area contributed by atoms with Crippen molar-refractivity contribution in [3.63, 3.8) is 0 Å². The topological polar surface area (TPSA) is 60.4 Å². The van der Waals surface area contributed by atoms with E-state index in [1.807, 2.05) is 6.07 Å². The summed E-state index contributed by atoms with van der Waals surface area (Å²) in [5.41, 5.74) is 0.774. The van der Waals surface area contributed by atoms with Gasteiger partial charge in [-0.15, -0.1) is 0 Å². The highest BCUT2D eigenvalue weighted by Gasteiger charge is 2.72. The fraction of sp³-hybridized carbons (Fsp3) is 0.500. The molecule has 0 spiro atoms. The Hall–Kier alpha value is -1.43. The smallest absolute Gasteiger partial charge is 0.327 e. The van der Waals surface area contributed by atoms with Crippen molar-refractivity contribution in [1.82, 2.24) is 0 Å². The number of hydrogen-bond acceptors (Lipinski definition) is 4. The number of rotatable bonds is 5. The molecule has 1 aromatic carbocycles. The second-order valence-corrected chi connectivity index (χ2v) is 7.96. The fourth-order valence-electron chi connectivity index (χ4n) is 2.27. The Morgan fingerprint density at radius 2 is 1.75 bits per heavy atom. The predicted molar refractivity (Wildman–Crippen MR) is 70.2 cm³/mol. The molecule has 0 heterocycles. The lowest BCUT2D eigenvalue weighted by molar-refractivity contribution is -0.145. The molecule has 0 atom stereocenters. The van der Waals surface area contributed by atoms with Crippen LogP contribution in [0.5, 0.6) is 0 Å². The first kappa shape index (κ1) is 13.5. The monoisotopic (exact) mass is 298 g/mol. The van der Waals surface area contributed by atoms with Crippen LogP contribution in [-0.2, 0) is 26.0 Å². The average Bonchev–Trinajstić information content (AvgIpc) is 3.32. The molecule has 0 saturated heterocycles. The van der Waals surface area contributed by atoms with Gasteiger partial charge in [0.05, 0.1) is 0 Å². The van der Waals surface area contributed by atoms with Crippen LogP contribution < -0.4 is 0 Å². The molecule has 0 unspecified atom stereocenters. The molecule has 0 aromatic heterocycles. The van der Waals surface area contributed by atoms with Gasteiger partial charge in [-0.2, -0.15) is 0 Å². The van der Waals surface area contributed by atoms with Crippen LogP contribution in [0, 0.1) is 0 Å². The van der Waals surface area contributed by atoms with Gasteiger partial charge >= 0.3 is 5.97 Å². The van der Waals surface area contributed by atoms with Gasteiger partial charge in [-0.1, -0.05) is 30.3 Å². The standard InChI is InChI=1S/C14H15FO4S/c15-14(8-9-14)20(17,18)13(6-7-13)12(16)19-10-11-4-2-1-3-5-11/h1-5H,6-10H2. The van der Waals surface area contributed by atoms with Gasteiger partial charge in [0.15, 0.2) is 4.75 Å². The number of ether oxygens (including phenoxy) is 1. The van der Waals surface area contributed by atoms with Crippen LogP contribution in [0.25, 0.3) is 0 Å². The minimum atomic E-state index is -4.10. The molecule has 2 saturated carbocycles. The number of carbonyl (C=O) groups is 1. The number of alkyl halides is 1. The molecule has 0 amide bonds. The fourth-order valence-corrected chi connectivity index (χ4v) is 4.53. The van der Waals surface area contributed by atoms with E-state index in [9.17, 15) is 17.6 Å². The molecule has 2 aliphatic rings. The van der Waals surface area contributed by atoms with Crippen molar-refractivity contribution in [2.24, 2.45) is 0 Å². The first-order valence-electron chi connectivity index (χ1n) is 6.56. The van der Waals surface area contributed by atoms with Crippen molar-refractivity contribution in [2.45, 2.75) is 42.0 Å². The Morgan fingerprint density at radius 1 is 1.15 bits per heavy atom. The minimum Gasteiger partial charge on any atom is -0.460 e. The summed E-state index contributed by atoms with van der Waals surface area (Å²) >= 11 is 0. The maximum atomic E-state index is 13.9. The molecule has 0 bridgehead atoms. The van der Waals surface area contributed by atoms with E-state index in [1.54, 1.807) is 24.3 Å². The van der Waals surface area contributed by atoms with E-state index in [4.69, 9.17) is 4.74 Å². The number of carbonyl (C=O) groups excluding carboxylic acids is 1. The molecule has 0 aliphatic heterocycles. The molecule has 6 heteroatoms. The number of esters is 1.